The third-order valence-corrected chi connectivity index (χ3v) is 1.98. The molecule has 0 radical (unpaired) electrons. The molecule has 14 heavy (non-hydrogen) atoms. The summed E-state index contributed by atoms with van der Waals surface area (Å²) in [4.78, 5) is 13.2. The van der Waals surface area contributed by atoms with E-state index in [1.807, 2.05) is 0 Å². The van der Waals surface area contributed by atoms with Gasteiger partial charge in [0.1, 0.15) is 0 Å². The summed E-state index contributed by atoms with van der Waals surface area (Å²) in [6, 6.07) is 1.58. The van der Waals surface area contributed by atoms with Crippen molar-refractivity contribution < 1.29 is 0 Å². The first-order valence-corrected chi connectivity index (χ1v) is 4.93. The predicted octanol–water partition coefficient (Wildman–Crippen LogP) is 1.25. The van der Waals surface area contributed by atoms with Gasteiger partial charge in [0.15, 0.2) is 0 Å². The van der Waals surface area contributed by atoms with Crippen LogP contribution in [0.2, 0.25) is 0 Å². The Labute approximate surface area is 84.0 Å². The average Bonchev–Trinajstić information content (AvgIpc) is 2.14. The minimum atomic E-state index is -0.148. The zero-order chi connectivity index (χ0) is 10.6. The lowest BCUT2D eigenvalue weighted by Gasteiger charge is -2.24. The van der Waals surface area contributed by atoms with Crippen molar-refractivity contribution in [2.45, 2.75) is 20.8 Å². The lowest BCUT2D eigenvalue weighted by molar-refractivity contribution is 0.617. The van der Waals surface area contributed by atoms with Gasteiger partial charge in [-0.2, -0.15) is 5.10 Å². The van der Waals surface area contributed by atoms with Crippen LogP contribution in [0.15, 0.2) is 17.1 Å². The standard InChI is InChI=1S/C10H17N3O/c1-4-13(7-8(2)3)9-5-10(14)12-11-6-9/h5-6,8H,4,7H2,1-3H3,(H,12,14). The normalized spacial score (nSPS) is 10.6. The van der Waals surface area contributed by atoms with E-state index in [4.69, 9.17) is 0 Å². The second-order valence-electron chi connectivity index (χ2n) is 3.74. The van der Waals surface area contributed by atoms with Crippen LogP contribution in [0.25, 0.3) is 0 Å². The highest BCUT2D eigenvalue weighted by Crippen LogP contribution is 2.10. The van der Waals surface area contributed by atoms with E-state index >= 15 is 0 Å². The van der Waals surface area contributed by atoms with Gasteiger partial charge in [-0.1, -0.05) is 13.8 Å². The van der Waals surface area contributed by atoms with E-state index in [1.165, 1.54) is 0 Å². The second-order valence-corrected chi connectivity index (χ2v) is 3.74. The van der Waals surface area contributed by atoms with Gasteiger partial charge in [-0.05, 0) is 12.8 Å². The molecule has 78 valence electrons. The van der Waals surface area contributed by atoms with Crippen molar-refractivity contribution in [3.8, 4) is 0 Å². The van der Waals surface area contributed by atoms with Crippen LogP contribution in [-0.2, 0) is 0 Å². The van der Waals surface area contributed by atoms with Crippen LogP contribution < -0.4 is 10.5 Å². The number of H-pyrrole nitrogens is 1. The maximum absolute atomic E-state index is 11.1. The molecule has 0 atom stereocenters. The molecule has 0 fully saturated rings. The number of nitrogens with one attached hydrogen (secondary N) is 1. The SMILES string of the molecule is CCN(CC(C)C)c1cn[nH]c(=O)c1. The van der Waals surface area contributed by atoms with E-state index in [1.54, 1.807) is 12.3 Å². The van der Waals surface area contributed by atoms with Crippen LogP contribution in [0.3, 0.4) is 0 Å². The van der Waals surface area contributed by atoms with Crippen molar-refractivity contribution in [1.29, 1.82) is 0 Å². The van der Waals surface area contributed by atoms with Gasteiger partial charge in [-0.3, -0.25) is 4.79 Å². The Balaban J connectivity index is 2.83. The summed E-state index contributed by atoms with van der Waals surface area (Å²) in [6.07, 6.45) is 1.69. The van der Waals surface area contributed by atoms with Crippen LogP contribution in [0.1, 0.15) is 20.8 Å². The molecular weight excluding hydrogens is 178 g/mol. The Kier molecular flexibility index (Phi) is 3.68. The maximum Gasteiger partial charge on any atom is 0.266 e. The van der Waals surface area contributed by atoms with Gasteiger partial charge in [0.2, 0.25) is 0 Å². The topological polar surface area (TPSA) is 49.0 Å². The summed E-state index contributed by atoms with van der Waals surface area (Å²) in [6.45, 7) is 8.22. The minimum absolute atomic E-state index is 0.148. The first-order valence-electron chi connectivity index (χ1n) is 4.93. The fraction of sp³-hybridized carbons (Fsp3) is 0.600. The Morgan fingerprint density at radius 2 is 2.29 bits per heavy atom. The lowest BCUT2D eigenvalue weighted by atomic mass is 10.2. The molecule has 0 saturated carbocycles. The van der Waals surface area contributed by atoms with Crippen LogP contribution in [0, 0.1) is 5.92 Å². The quantitative estimate of drug-likeness (QED) is 0.786. The smallest absolute Gasteiger partial charge is 0.266 e. The van der Waals surface area contributed by atoms with E-state index in [2.05, 4.69) is 35.9 Å². The molecule has 0 unspecified atom stereocenters. The third kappa shape index (κ3) is 2.87. The minimum Gasteiger partial charge on any atom is -0.370 e. The van der Waals surface area contributed by atoms with Crippen molar-refractivity contribution in [1.82, 2.24) is 10.2 Å². The molecule has 1 aromatic heterocycles. The number of hydrogen-bond acceptors (Lipinski definition) is 3. The summed E-state index contributed by atoms with van der Waals surface area (Å²) in [5, 5.41) is 6.15. The van der Waals surface area contributed by atoms with Crippen LogP contribution >= 0.6 is 0 Å². The van der Waals surface area contributed by atoms with E-state index in [0.29, 0.717) is 5.92 Å². The third-order valence-electron chi connectivity index (χ3n) is 1.98. The van der Waals surface area contributed by atoms with Crippen molar-refractivity contribution in [2.75, 3.05) is 18.0 Å². The molecule has 1 heterocycles. The summed E-state index contributed by atoms with van der Waals surface area (Å²) >= 11 is 0. The Hall–Kier alpha value is -1.32. The van der Waals surface area contributed by atoms with Crippen molar-refractivity contribution in [2.24, 2.45) is 5.92 Å². The van der Waals surface area contributed by atoms with Crippen molar-refractivity contribution in [3.05, 3.63) is 22.6 Å². The molecule has 4 nitrogen and oxygen atoms in total. The molecule has 4 heteroatoms. The van der Waals surface area contributed by atoms with Crippen LogP contribution in [-0.4, -0.2) is 23.3 Å². The number of hydrogen-bond donors (Lipinski definition) is 1. The molecule has 0 aliphatic heterocycles. The first kappa shape index (κ1) is 10.8. The molecule has 0 aromatic carbocycles. The summed E-state index contributed by atoms with van der Waals surface area (Å²) in [5.41, 5.74) is 0.745. The molecule has 0 bridgehead atoms. The Bertz CT molecular complexity index is 332. The molecule has 1 N–H and O–H groups in total. The van der Waals surface area contributed by atoms with E-state index in [-0.39, 0.29) is 5.56 Å². The van der Waals surface area contributed by atoms with E-state index in [0.717, 1.165) is 18.8 Å². The monoisotopic (exact) mass is 195 g/mol. The molecular formula is C10H17N3O. The van der Waals surface area contributed by atoms with Crippen LogP contribution in [0.5, 0.6) is 0 Å². The average molecular weight is 195 g/mol. The largest absolute Gasteiger partial charge is 0.370 e. The van der Waals surface area contributed by atoms with Gasteiger partial charge >= 0.3 is 0 Å². The molecule has 0 amide bonds. The highest BCUT2D eigenvalue weighted by atomic mass is 16.1. The predicted molar refractivity (Wildman–Crippen MR) is 57.6 cm³/mol. The van der Waals surface area contributed by atoms with Crippen LogP contribution in [0.4, 0.5) is 5.69 Å². The van der Waals surface area contributed by atoms with Gasteiger partial charge in [0, 0.05) is 19.2 Å². The van der Waals surface area contributed by atoms with Gasteiger partial charge in [-0.15, -0.1) is 0 Å². The summed E-state index contributed by atoms with van der Waals surface area (Å²) in [5.74, 6) is 0.578. The van der Waals surface area contributed by atoms with E-state index < -0.39 is 0 Å². The molecule has 0 spiro atoms. The molecule has 1 rings (SSSR count). The van der Waals surface area contributed by atoms with Crippen molar-refractivity contribution >= 4 is 5.69 Å². The number of nitrogens with zero attached hydrogens (tertiary/aromatic N) is 2. The molecule has 0 aliphatic carbocycles. The highest BCUT2D eigenvalue weighted by molar-refractivity contribution is 5.42. The summed E-state index contributed by atoms with van der Waals surface area (Å²) in [7, 11) is 0. The number of rotatable bonds is 4. The summed E-state index contributed by atoms with van der Waals surface area (Å²) < 4.78 is 0. The number of anilines is 1. The van der Waals surface area contributed by atoms with Gasteiger partial charge < -0.3 is 4.90 Å². The maximum atomic E-state index is 11.1. The fourth-order valence-corrected chi connectivity index (χ4v) is 1.40. The molecule has 0 saturated heterocycles. The zero-order valence-corrected chi connectivity index (χ0v) is 8.95. The fourth-order valence-electron chi connectivity index (χ4n) is 1.40. The van der Waals surface area contributed by atoms with Crippen molar-refractivity contribution in [3.63, 3.8) is 0 Å². The number of aromatic nitrogens is 2. The van der Waals surface area contributed by atoms with Gasteiger partial charge in [-0.25, -0.2) is 5.10 Å². The Morgan fingerprint density at radius 1 is 1.57 bits per heavy atom. The van der Waals surface area contributed by atoms with Gasteiger partial charge in [0.25, 0.3) is 5.56 Å². The zero-order valence-electron chi connectivity index (χ0n) is 8.95. The first-order chi connectivity index (χ1) is 6.63. The molecule has 0 aliphatic rings. The van der Waals surface area contributed by atoms with E-state index in [9.17, 15) is 4.79 Å². The highest BCUT2D eigenvalue weighted by Gasteiger charge is 2.06. The van der Waals surface area contributed by atoms with Gasteiger partial charge in [0.05, 0.1) is 11.9 Å². The molecule has 1 aromatic rings. The lowest BCUT2D eigenvalue weighted by Crippen LogP contribution is -2.28. The second kappa shape index (κ2) is 4.79. The Morgan fingerprint density at radius 3 is 2.79 bits per heavy atom. The number of aromatic amines is 1.